The SMILES string of the molecule is CNC(=O)c1nc(-c2cccc(C(=O)NCc3cc(Cl)ccc3F)c2)cnc1N. The van der Waals surface area contributed by atoms with Crippen LogP contribution in [0.5, 0.6) is 0 Å². The van der Waals surface area contributed by atoms with E-state index in [9.17, 15) is 14.0 Å². The van der Waals surface area contributed by atoms with Crippen molar-refractivity contribution < 1.29 is 14.0 Å². The van der Waals surface area contributed by atoms with Gasteiger partial charge in [-0.2, -0.15) is 0 Å². The summed E-state index contributed by atoms with van der Waals surface area (Å²) in [6.07, 6.45) is 1.42. The van der Waals surface area contributed by atoms with Gasteiger partial charge in [0.05, 0.1) is 11.9 Å². The number of nitrogen functional groups attached to an aromatic ring is 1. The highest BCUT2D eigenvalue weighted by Crippen LogP contribution is 2.20. The van der Waals surface area contributed by atoms with Gasteiger partial charge in [-0.15, -0.1) is 0 Å². The lowest BCUT2D eigenvalue weighted by Crippen LogP contribution is -2.23. The molecule has 0 bridgehead atoms. The van der Waals surface area contributed by atoms with Gasteiger partial charge >= 0.3 is 0 Å². The summed E-state index contributed by atoms with van der Waals surface area (Å²) in [6, 6.07) is 10.7. The summed E-state index contributed by atoms with van der Waals surface area (Å²) in [5.74, 6) is -1.32. The molecule has 4 N–H and O–H groups in total. The van der Waals surface area contributed by atoms with Gasteiger partial charge in [-0.1, -0.05) is 23.7 Å². The number of nitrogens with one attached hydrogen (secondary N) is 2. The van der Waals surface area contributed by atoms with Gasteiger partial charge in [-0.25, -0.2) is 14.4 Å². The summed E-state index contributed by atoms with van der Waals surface area (Å²) >= 11 is 5.86. The minimum atomic E-state index is -0.464. The van der Waals surface area contributed by atoms with Gasteiger partial charge in [0.25, 0.3) is 11.8 Å². The molecule has 1 heterocycles. The van der Waals surface area contributed by atoms with Gasteiger partial charge in [0, 0.05) is 35.3 Å². The number of anilines is 1. The van der Waals surface area contributed by atoms with Crippen LogP contribution in [0.2, 0.25) is 5.02 Å². The van der Waals surface area contributed by atoms with Crippen molar-refractivity contribution in [3.8, 4) is 11.3 Å². The predicted octanol–water partition coefficient (Wildman–Crippen LogP) is 2.81. The Morgan fingerprint density at radius 3 is 2.72 bits per heavy atom. The molecule has 0 fully saturated rings. The Bertz CT molecular complexity index is 1090. The molecule has 7 nitrogen and oxygen atoms in total. The molecule has 0 spiro atoms. The first-order chi connectivity index (χ1) is 13.9. The van der Waals surface area contributed by atoms with E-state index in [0.717, 1.165) is 0 Å². The average Bonchev–Trinajstić information content (AvgIpc) is 2.74. The van der Waals surface area contributed by atoms with E-state index >= 15 is 0 Å². The fraction of sp³-hybridized carbons (Fsp3) is 0.100. The quantitative estimate of drug-likeness (QED) is 0.595. The molecule has 9 heteroatoms. The molecular weight excluding hydrogens is 397 g/mol. The van der Waals surface area contributed by atoms with Crippen molar-refractivity contribution in [2.24, 2.45) is 0 Å². The lowest BCUT2D eigenvalue weighted by molar-refractivity contribution is 0.0945. The van der Waals surface area contributed by atoms with Crippen LogP contribution in [0.25, 0.3) is 11.3 Å². The van der Waals surface area contributed by atoms with Crippen molar-refractivity contribution in [1.82, 2.24) is 20.6 Å². The Hall–Kier alpha value is -3.52. The van der Waals surface area contributed by atoms with Crippen LogP contribution in [0.1, 0.15) is 26.4 Å². The summed E-state index contributed by atoms with van der Waals surface area (Å²) in [5, 5.41) is 5.48. The van der Waals surface area contributed by atoms with E-state index in [4.69, 9.17) is 17.3 Å². The molecule has 0 saturated carbocycles. The number of carbonyl (C=O) groups excluding carboxylic acids is 2. The van der Waals surface area contributed by atoms with Gasteiger partial charge in [0.1, 0.15) is 5.82 Å². The van der Waals surface area contributed by atoms with Crippen LogP contribution in [0.4, 0.5) is 10.2 Å². The number of hydrogen-bond donors (Lipinski definition) is 3. The van der Waals surface area contributed by atoms with Gasteiger partial charge in [-0.3, -0.25) is 9.59 Å². The first-order valence-electron chi connectivity index (χ1n) is 8.56. The van der Waals surface area contributed by atoms with Crippen molar-refractivity contribution in [2.45, 2.75) is 6.54 Å². The van der Waals surface area contributed by atoms with E-state index in [-0.39, 0.29) is 23.6 Å². The normalized spacial score (nSPS) is 10.4. The molecule has 0 radical (unpaired) electrons. The maximum absolute atomic E-state index is 13.8. The van der Waals surface area contributed by atoms with Crippen molar-refractivity contribution in [1.29, 1.82) is 0 Å². The molecule has 29 heavy (non-hydrogen) atoms. The van der Waals surface area contributed by atoms with Crippen molar-refractivity contribution in [3.63, 3.8) is 0 Å². The Kier molecular flexibility index (Phi) is 6.04. The Balaban J connectivity index is 1.81. The lowest BCUT2D eigenvalue weighted by Gasteiger charge is -2.09. The predicted molar refractivity (Wildman–Crippen MR) is 108 cm³/mol. The van der Waals surface area contributed by atoms with Gasteiger partial charge in [0.15, 0.2) is 11.5 Å². The zero-order valence-corrected chi connectivity index (χ0v) is 16.1. The van der Waals surface area contributed by atoms with Gasteiger partial charge < -0.3 is 16.4 Å². The number of nitrogens with zero attached hydrogens (tertiary/aromatic N) is 2. The molecule has 0 unspecified atom stereocenters. The minimum absolute atomic E-state index is 0.00344. The molecule has 2 amide bonds. The molecule has 2 aromatic carbocycles. The summed E-state index contributed by atoms with van der Waals surface area (Å²) in [6.45, 7) is -0.0159. The Morgan fingerprint density at radius 1 is 1.17 bits per heavy atom. The van der Waals surface area contributed by atoms with Crippen LogP contribution in [0.15, 0.2) is 48.7 Å². The first-order valence-corrected chi connectivity index (χ1v) is 8.94. The molecule has 0 aliphatic rings. The third-order valence-electron chi connectivity index (χ3n) is 4.11. The maximum atomic E-state index is 13.8. The van der Waals surface area contributed by atoms with Gasteiger partial charge in [0.2, 0.25) is 0 Å². The molecular formula is C20H17ClFN5O2. The Labute approximate surface area is 171 Å². The van der Waals surface area contributed by atoms with Crippen LogP contribution < -0.4 is 16.4 Å². The average molecular weight is 414 g/mol. The number of hydrogen-bond acceptors (Lipinski definition) is 5. The second kappa shape index (κ2) is 8.66. The minimum Gasteiger partial charge on any atom is -0.382 e. The smallest absolute Gasteiger partial charge is 0.273 e. The highest BCUT2D eigenvalue weighted by molar-refractivity contribution is 6.30. The number of rotatable bonds is 5. The monoisotopic (exact) mass is 413 g/mol. The summed E-state index contributed by atoms with van der Waals surface area (Å²) in [7, 11) is 1.46. The number of amides is 2. The molecule has 0 aliphatic carbocycles. The largest absolute Gasteiger partial charge is 0.382 e. The zero-order chi connectivity index (χ0) is 21.0. The number of benzene rings is 2. The van der Waals surface area contributed by atoms with E-state index in [1.165, 1.54) is 31.4 Å². The van der Waals surface area contributed by atoms with E-state index in [1.54, 1.807) is 24.3 Å². The van der Waals surface area contributed by atoms with E-state index < -0.39 is 17.6 Å². The topological polar surface area (TPSA) is 110 Å². The Morgan fingerprint density at radius 2 is 1.97 bits per heavy atom. The highest BCUT2D eigenvalue weighted by Gasteiger charge is 2.14. The van der Waals surface area contributed by atoms with Crippen LogP contribution in [0, 0.1) is 5.82 Å². The van der Waals surface area contributed by atoms with E-state index in [1.807, 2.05) is 0 Å². The number of carbonyl (C=O) groups is 2. The molecule has 0 aliphatic heterocycles. The number of aromatic nitrogens is 2. The zero-order valence-electron chi connectivity index (χ0n) is 15.4. The van der Waals surface area contributed by atoms with Crippen LogP contribution in [-0.2, 0) is 6.54 Å². The summed E-state index contributed by atoms with van der Waals surface area (Å²) in [4.78, 5) is 32.6. The molecule has 3 rings (SSSR count). The second-order valence-electron chi connectivity index (χ2n) is 6.07. The number of nitrogens with two attached hydrogens (primary N) is 1. The second-order valence-corrected chi connectivity index (χ2v) is 6.50. The van der Waals surface area contributed by atoms with Crippen molar-refractivity contribution in [2.75, 3.05) is 12.8 Å². The van der Waals surface area contributed by atoms with E-state index in [0.29, 0.717) is 21.8 Å². The highest BCUT2D eigenvalue weighted by atomic mass is 35.5. The van der Waals surface area contributed by atoms with Crippen LogP contribution in [0.3, 0.4) is 0 Å². The summed E-state index contributed by atoms with van der Waals surface area (Å²) < 4.78 is 13.8. The van der Waals surface area contributed by atoms with Crippen molar-refractivity contribution >= 4 is 29.2 Å². The standard InChI is InChI=1S/C20H17ClFN5O2/c1-24-20(29)17-18(23)25-10-16(27-17)11-3-2-4-12(7-11)19(28)26-9-13-8-14(21)5-6-15(13)22/h2-8,10H,9H2,1H3,(H2,23,25)(H,24,29)(H,26,28). The fourth-order valence-electron chi connectivity index (χ4n) is 2.60. The third kappa shape index (κ3) is 4.67. The first kappa shape index (κ1) is 20.2. The van der Waals surface area contributed by atoms with Crippen LogP contribution >= 0.6 is 11.6 Å². The lowest BCUT2D eigenvalue weighted by atomic mass is 10.1. The summed E-state index contributed by atoms with van der Waals surface area (Å²) in [5.41, 5.74) is 7.27. The van der Waals surface area contributed by atoms with E-state index in [2.05, 4.69) is 20.6 Å². The molecule has 0 saturated heterocycles. The van der Waals surface area contributed by atoms with Gasteiger partial charge in [-0.05, 0) is 30.3 Å². The fourth-order valence-corrected chi connectivity index (χ4v) is 2.79. The maximum Gasteiger partial charge on any atom is 0.273 e. The third-order valence-corrected chi connectivity index (χ3v) is 4.35. The molecule has 1 aromatic heterocycles. The molecule has 0 atom stereocenters. The molecule has 148 valence electrons. The number of halogens is 2. The van der Waals surface area contributed by atoms with Crippen molar-refractivity contribution in [3.05, 3.63) is 76.3 Å². The molecule has 3 aromatic rings. The van der Waals surface area contributed by atoms with Crippen LogP contribution in [-0.4, -0.2) is 28.8 Å².